The average Bonchev–Trinajstić information content (AvgIpc) is 2.89. The molecule has 0 spiro atoms. The van der Waals surface area contributed by atoms with Crippen LogP contribution in [0.3, 0.4) is 0 Å². The van der Waals surface area contributed by atoms with Gasteiger partial charge in [0.15, 0.2) is 5.70 Å². The van der Waals surface area contributed by atoms with Crippen molar-refractivity contribution >= 4 is 17.9 Å². The monoisotopic (exact) mass is 311 g/mol. The normalized spacial score (nSPS) is 15.5. The Hall–Kier alpha value is -2.95. The lowest BCUT2D eigenvalue weighted by Gasteiger charge is -2.08. The molecule has 0 amide bonds. The number of cyclic esters (lactones) is 1. The standard InChI is InChI=1S/C18H14FNO3/c1-2-22-16-9-4-3-8-14(16)17-20-15(18(21)23-17)11-12-6-5-7-13(19)10-12/h3-11H,2H2,1H3/b15-11-. The highest BCUT2D eigenvalue weighted by atomic mass is 19.1. The quantitative estimate of drug-likeness (QED) is 0.640. The van der Waals surface area contributed by atoms with Crippen molar-refractivity contribution in [2.24, 2.45) is 4.99 Å². The minimum atomic E-state index is -0.574. The van der Waals surface area contributed by atoms with Gasteiger partial charge in [0.1, 0.15) is 11.6 Å². The Labute approximate surface area is 132 Å². The van der Waals surface area contributed by atoms with E-state index in [1.54, 1.807) is 24.3 Å². The second-order valence-electron chi connectivity index (χ2n) is 4.82. The molecule has 1 aliphatic heterocycles. The predicted octanol–water partition coefficient (Wildman–Crippen LogP) is 3.57. The number of ether oxygens (including phenoxy) is 2. The number of halogens is 1. The van der Waals surface area contributed by atoms with E-state index in [1.807, 2.05) is 19.1 Å². The Morgan fingerprint density at radius 2 is 2.04 bits per heavy atom. The van der Waals surface area contributed by atoms with Crippen LogP contribution in [-0.4, -0.2) is 18.5 Å². The van der Waals surface area contributed by atoms with Crippen molar-refractivity contribution < 1.29 is 18.7 Å². The van der Waals surface area contributed by atoms with E-state index in [9.17, 15) is 9.18 Å². The first-order chi connectivity index (χ1) is 11.2. The Kier molecular flexibility index (Phi) is 4.19. The summed E-state index contributed by atoms with van der Waals surface area (Å²) in [7, 11) is 0. The zero-order valence-corrected chi connectivity index (χ0v) is 12.5. The summed E-state index contributed by atoms with van der Waals surface area (Å²) in [4.78, 5) is 16.2. The minimum Gasteiger partial charge on any atom is -0.493 e. The summed E-state index contributed by atoms with van der Waals surface area (Å²) in [5, 5.41) is 0. The van der Waals surface area contributed by atoms with Gasteiger partial charge in [-0.05, 0) is 42.8 Å². The zero-order valence-electron chi connectivity index (χ0n) is 12.5. The second-order valence-corrected chi connectivity index (χ2v) is 4.82. The van der Waals surface area contributed by atoms with E-state index in [0.717, 1.165) is 0 Å². The topological polar surface area (TPSA) is 47.9 Å². The van der Waals surface area contributed by atoms with Crippen LogP contribution in [0.1, 0.15) is 18.1 Å². The Bertz CT molecular complexity index is 811. The zero-order chi connectivity index (χ0) is 16.2. The van der Waals surface area contributed by atoms with Crippen molar-refractivity contribution in [2.75, 3.05) is 6.61 Å². The SMILES string of the molecule is CCOc1ccccc1C1=N/C(=C\c2cccc(F)c2)C(=O)O1. The third-order valence-corrected chi connectivity index (χ3v) is 3.19. The van der Waals surface area contributed by atoms with Crippen LogP contribution in [0.25, 0.3) is 6.08 Å². The summed E-state index contributed by atoms with van der Waals surface area (Å²) >= 11 is 0. The molecule has 1 aliphatic rings. The van der Waals surface area contributed by atoms with Gasteiger partial charge in [0, 0.05) is 0 Å². The van der Waals surface area contributed by atoms with Crippen LogP contribution in [0.15, 0.2) is 59.2 Å². The maximum absolute atomic E-state index is 13.2. The molecule has 0 N–H and O–H groups in total. The highest BCUT2D eigenvalue weighted by Gasteiger charge is 2.26. The van der Waals surface area contributed by atoms with Gasteiger partial charge in [0.25, 0.3) is 0 Å². The molecule has 1 heterocycles. The van der Waals surface area contributed by atoms with Crippen LogP contribution in [-0.2, 0) is 9.53 Å². The van der Waals surface area contributed by atoms with Crippen molar-refractivity contribution in [2.45, 2.75) is 6.92 Å². The number of hydrogen-bond acceptors (Lipinski definition) is 4. The predicted molar refractivity (Wildman–Crippen MR) is 84.6 cm³/mol. The molecule has 3 rings (SSSR count). The molecule has 4 nitrogen and oxygen atoms in total. The fourth-order valence-electron chi connectivity index (χ4n) is 2.20. The van der Waals surface area contributed by atoms with Crippen molar-refractivity contribution in [3.05, 3.63) is 71.2 Å². The molecule has 0 aliphatic carbocycles. The van der Waals surface area contributed by atoms with Crippen LogP contribution in [0, 0.1) is 5.82 Å². The summed E-state index contributed by atoms with van der Waals surface area (Å²) in [5.41, 5.74) is 1.27. The van der Waals surface area contributed by atoms with Crippen molar-refractivity contribution in [1.82, 2.24) is 0 Å². The van der Waals surface area contributed by atoms with E-state index >= 15 is 0 Å². The molecule has 0 aromatic heterocycles. The number of carbonyl (C=O) groups is 1. The Morgan fingerprint density at radius 3 is 2.83 bits per heavy atom. The van der Waals surface area contributed by atoms with Crippen LogP contribution in [0.4, 0.5) is 4.39 Å². The fourth-order valence-corrected chi connectivity index (χ4v) is 2.20. The third-order valence-electron chi connectivity index (χ3n) is 3.19. The van der Waals surface area contributed by atoms with Gasteiger partial charge in [0.05, 0.1) is 12.2 Å². The first kappa shape index (κ1) is 15.0. The summed E-state index contributed by atoms with van der Waals surface area (Å²) in [5.74, 6) is -0.178. The first-order valence-corrected chi connectivity index (χ1v) is 7.17. The summed E-state index contributed by atoms with van der Waals surface area (Å²) in [6.07, 6.45) is 1.49. The van der Waals surface area contributed by atoms with Gasteiger partial charge in [-0.15, -0.1) is 0 Å². The lowest BCUT2D eigenvalue weighted by Crippen LogP contribution is -2.07. The van der Waals surface area contributed by atoms with Gasteiger partial charge >= 0.3 is 5.97 Å². The van der Waals surface area contributed by atoms with Gasteiger partial charge in [-0.3, -0.25) is 0 Å². The highest BCUT2D eigenvalue weighted by Crippen LogP contribution is 2.25. The van der Waals surface area contributed by atoms with E-state index in [4.69, 9.17) is 9.47 Å². The van der Waals surface area contributed by atoms with Crippen molar-refractivity contribution in [3.63, 3.8) is 0 Å². The number of para-hydroxylation sites is 1. The molecule has 2 aromatic rings. The molecule has 2 aromatic carbocycles. The molecular weight excluding hydrogens is 297 g/mol. The molecule has 5 heteroatoms. The summed E-state index contributed by atoms with van der Waals surface area (Å²) < 4.78 is 24.0. The third kappa shape index (κ3) is 3.29. The number of carbonyl (C=O) groups excluding carboxylic acids is 1. The largest absolute Gasteiger partial charge is 0.493 e. The molecule has 0 atom stereocenters. The highest BCUT2D eigenvalue weighted by molar-refractivity contribution is 6.13. The number of aliphatic imine (C=N–C) groups is 1. The van der Waals surface area contributed by atoms with Crippen LogP contribution < -0.4 is 4.74 Å². The molecule has 116 valence electrons. The Morgan fingerprint density at radius 1 is 1.22 bits per heavy atom. The molecule has 0 saturated heterocycles. The van der Waals surface area contributed by atoms with E-state index in [-0.39, 0.29) is 17.4 Å². The van der Waals surface area contributed by atoms with Gasteiger partial charge in [-0.25, -0.2) is 14.2 Å². The lowest BCUT2D eigenvalue weighted by molar-refractivity contribution is -0.129. The molecule has 23 heavy (non-hydrogen) atoms. The van der Waals surface area contributed by atoms with E-state index in [0.29, 0.717) is 23.5 Å². The van der Waals surface area contributed by atoms with Gasteiger partial charge in [-0.2, -0.15) is 0 Å². The maximum Gasteiger partial charge on any atom is 0.363 e. The fraction of sp³-hybridized carbons (Fsp3) is 0.111. The Balaban J connectivity index is 1.96. The maximum atomic E-state index is 13.2. The molecule has 0 bridgehead atoms. The van der Waals surface area contributed by atoms with Crippen molar-refractivity contribution in [3.8, 4) is 5.75 Å². The number of benzene rings is 2. The number of esters is 1. The van der Waals surface area contributed by atoms with Crippen LogP contribution in [0.5, 0.6) is 5.75 Å². The van der Waals surface area contributed by atoms with Crippen LogP contribution >= 0.6 is 0 Å². The molecule has 0 radical (unpaired) electrons. The number of hydrogen-bond donors (Lipinski definition) is 0. The number of nitrogens with zero attached hydrogens (tertiary/aromatic N) is 1. The molecular formula is C18H14FNO3. The van der Waals surface area contributed by atoms with Crippen molar-refractivity contribution in [1.29, 1.82) is 0 Å². The van der Waals surface area contributed by atoms with E-state index in [1.165, 1.54) is 18.2 Å². The smallest absolute Gasteiger partial charge is 0.363 e. The van der Waals surface area contributed by atoms with E-state index < -0.39 is 5.97 Å². The molecule has 0 saturated carbocycles. The lowest BCUT2D eigenvalue weighted by atomic mass is 10.2. The number of rotatable bonds is 4. The second kappa shape index (κ2) is 6.44. The minimum absolute atomic E-state index is 0.122. The summed E-state index contributed by atoms with van der Waals surface area (Å²) in [6.45, 7) is 2.36. The van der Waals surface area contributed by atoms with Crippen LogP contribution in [0.2, 0.25) is 0 Å². The van der Waals surface area contributed by atoms with Gasteiger partial charge < -0.3 is 9.47 Å². The van der Waals surface area contributed by atoms with E-state index in [2.05, 4.69) is 4.99 Å². The average molecular weight is 311 g/mol. The summed E-state index contributed by atoms with van der Waals surface area (Å²) in [6, 6.07) is 13.1. The van der Waals surface area contributed by atoms with Gasteiger partial charge in [0.2, 0.25) is 5.90 Å². The van der Waals surface area contributed by atoms with Gasteiger partial charge in [-0.1, -0.05) is 24.3 Å². The first-order valence-electron chi connectivity index (χ1n) is 7.17. The molecule has 0 fully saturated rings. The molecule has 0 unspecified atom stereocenters.